The van der Waals surface area contributed by atoms with Gasteiger partial charge >= 0.3 is 11.9 Å². The average Bonchev–Trinajstić information content (AvgIpc) is 3.30. The number of carbonyl (C=O) groups is 3. The van der Waals surface area contributed by atoms with Crippen molar-refractivity contribution in [2.24, 2.45) is 0 Å². The van der Waals surface area contributed by atoms with Gasteiger partial charge in [-0.15, -0.1) is 0 Å². The second kappa shape index (κ2) is 11.0. The van der Waals surface area contributed by atoms with Crippen LogP contribution in [0.15, 0.2) is 56.5 Å². The molecule has 0 atom stereocenters. The Bertz CT molecular complexity index is 1400. The van der Waals surface area contributed by atoms with Crippen LogP contribution in [0.4, 0.5) is 10.1 Å². The molecular formula is C28H26FNO5S3. The van der Waals surface area contributed by atoms with E-state index < -0.39 is 29.2 Å². The SMILES string of the molecule is CCOC(=O)C1=C(C(=O)OCC)SC(=C2C(=S)C(C)(C)N(C(=O)c3cccc(F)c3)c3ccc(C)cc32)S1. The van der Waals surface area contributed by atoms with Gasteiger partial charge in [-0.2, -0.15) is 0 Å². The van der Waals surface area contributed by atoms with E-state index in [1.54, 1.807) is 24.8 Å². The summed E-state index contributed by atoms with van der Waals surface area (Å²) in [5.41, 5.74) is 2.06. The van der Waals surface area contributed by atoms with E-state index in [9.17, 15) is 18.8 Å². The number of hydrogen-bond acceptors (Lipinski definition) is 8. The van der Waals surface area contributed by atoms with Crippen LogP contribution in [-0.4, -0.2) is 41.5 Å². The zero-order valence-electron chi connectivity index (χ0n) is 21.5. The molecule has 0 saturated heterocycles. The van der Waals surface area contributed by atoms with E-state index in [0.717, 1.165) is 29.1 Å². The van der Waals surface area contributed by atoms with Gasteiger partial charge in [-0.1, -0.05) is 53.4 Å². The first-order valence-corrected chi connectivity index (χ1v) is 14.0. The van der Waals surface area contributed by atoms with Gasteiger partial charge in [-0.3, -0.25) is 9.69 Å². The number of ether oxygens (including phenoxy) is 2. The molecule has 2 aromatic carbocycles. The number of benzene rings is 2. The first kappa shape index (κ1) is 28.1. The molecule has 0 radical (unpaired) electrons. The van der Waals surface area contributed by atoms with Crippen LogP contribution in [0.5, 0.6) is 0 Å². The Morgan fingerprint density at radius 3 is 2.13 bits per heavy atom. The molecule has 1 amide bonds. The molecule has 0 bridgehead atoms. The second-order valence-corrected chi connectivity index (χ2v) is 11.7. The van der Waals surface area contributed by atoms with Crippen molar-refractivity contribution in [1.82, 2.24) is 0 Å². The minimum atomic E-state index is -0.999. The molecule has 0 unspecified atom stereocenters. The predicted octanol–water partition coefficient (Wildman–Crippen LogP) is 6.43. The maximum atomic E-state index is 14.0. The zero-order valence-corrected chi connectivity index (χ0v) is 24.0. The van der Waals surface area contributed by atoms with Crippen LogP contribution in [0, 0.1) is 12.7 Å². The third kappa shape index (κ3) is 5.04. The lowest BCUT2D eigenvalue weighted by molar-refractivity contribution is -0.140. The summed E-state index contributed by atoms with van der Waals surface area (Å²) in [6.07, 6.45) is 0. The fraction of sp³-hybridized carbons (Fsp3) is 0.286. The van der Waals surface area contributed by atoms with Crippen molar-refractivity contribution in [2.75, 3.05) is 18.1 Å². The number of halogens is 1. The lowest BCUT2D eigenvalue weighted by Gasteiger charge is -2.45. The fourth-order valence-corrected chi connectivity index (χ4v) is 7.24. The van der Waals surface area contributed by atoms with Gasteiger partial charge in [0, 0.05) is 16.7 Å². The highest BCUT2D eigenvalue weighted by Crippen LogP contribution is 2.56. The largest absolute Gasteiger partial charge is 0.462 e. The van der Waals surface area contributed by atoms with Crippen LogP contribution in [0.1, 0.15) is 49.2 Å². The van der Waals surface area contributed by atoms with Gasteiger partial charge in [0.2, 0.25) is 0 Å². The van der Waals surface area contributed by atoms with Gasteiger partial charge in [-0.05, 0) is 65.0 Å². The summed E-state index contributed by atoms with van der Waals surface area (Å²) >= 11 is 8.23. The third-order valence-electron chi connectivity index (χ3n) is 6.00. The van der Waals surface area contributed by atoms with Gasteiger partial charge in [0.15, 0.2) is 0 Å². The number of nitrogens with zero attached hydrogens (tertiary/aromatic N) is 1. The number of rotatable bonds is 5. The number of thiocarbonyl (C=S) groups is 1. The van der Waals surface area contributed by atoms with E-state index in [4.69, 9.17) is 21.7 Å². The molecule has 10 heteroatoms. The van der Waals surface area contributed by atoms with Gasteiger partial charge in [0.1, 0.15) is 15.6 Å². The Kier molecular flexibility index (Phi) is 8.15. The lowest BCUT2D eigenvalue weighted by Crippen LogP contribution is -2.56. The van der Waals surface area contributed by atoms with E-state index in [0.29, 0.717) is 25.9 Å². The number of thioether (sulfide) groups is 2. The van der Waals surface area contributed by atoms with Crippen LogP contribution in [-0.2, 0) is 19.1 Å². The monoisotopic (exact) mass is 571 g/mol. The minimum absolute atomic E-state index is 0.144. The number of anilines is 1. The molecule has 0 fully saturated rings. The zero-order chi connectivity index (χ0) is 27.8. The Hall–Kier alpha value is -2.95. The van der Waals surface area contributed by atoms with Gasteiger partial charge in [0.25, 0.3) is 5.91 Å². The Labute approximate surface area is 234 Å². The second-order valence-electron chi connectivity index (χ2n) is 9.03. The highest BCUT2D eigenvalue weighted by Gasteiger charge is 2.46. The first-order chi connectivity index (χ1) is 18.0. The molecule has 0 N–H and O–H groups in total. The van der Waals surface area contributed by atoms with Crippen LogP contribution in [0.25, 0.3) is 5.57 Å². The highest BCUT2D eigenvalue weighted by molar-refractivity contribution is 8.29. The molecule has 4 rings (SSSR count). The number of esters is 2. The molecule has 2 aliphatic rings. The maximum Gasteiger partial charge on any atom is 0.346 e. The van der Waals surface area contributed by atoms with Crippen LogP contribution >= 0.6 is 35.7 Å². The molecule has 0 aromatic heterocycles. The number of aryl methyl sites for hydroxylation is 1. The van der Waals surface area contributed by atoms with Crippen molar-refractivity contribution < 1.29 is 28.2 Å². The molecule has 2 heterocycles. The molecule has 6 nitrogen and oxygen atoms in total. The molecule has 198 valence electrons. The average molecular weight is 572 g/mol. The highest BCUT2D eigenvalue weighted by atomic mass is 32.2. The maximum absolute atomic E-state index is 14.0. The van der Waals surface area contributed by atoms with Crippen LogP contribution in [0.2, 0.25) is 0 Å². The van der Waals surface area contributed by atoms with Gasteiger partial charge in [-0.25, -0.2) is 14.0 Å². The van der Waals surface area contributed by atoms with Crippen molar-refractivity contribution in [3.8, 4) is 0 Å². The lowest BCUT2D eigenvalue weighted by atomic mass is 9.82. The van der Waals surface area contributed by atoms with E-state index in [1.165, 1.54) is 18.2 Å². The summed E-state index contributed by atoms with van der Waals surface area (Å²) in [5.74, 6) is -2.13. The van der Waals surface area contributed by atoms with E-state index >= 15 is 0 Å². The summed E-state index contributed by atoms with van der Waals surface area (Å²) in [6, 6.07) is 11.2. The Morgan fingerprint density at radius 1 is 0.974 bits per heavy atom. The quantitative estimate of drug-likeness (QED) is 0.231. The standard InChI is InChI=1S/C28H26FNO5S3/c1-6-34-25(32)21-22(26(33)35-7-2)38-27(37-21)20-18-13-15(3)11-12-19(18)30(28(4,5)23(20)36)24(31)16-9-8-10-17(29)14-16/h8-14H,6-7H2,1-5H3. The number of fused-ring (bicyclic) bond motifs is 1. The summed E-state index contributed by atoms with van der Waals surface area (Å²) < 4.78 is 25.0. The molecule has 0 saturated carbocycles. The summed E-state index contributed by atoms with van der Waals surface area (Å²) in [6.45, 7) is 9.26. The Balaban J connectivity index is 1.89. The smallest absolute Gasteiger partial charge is 0.346 e. The first-order valence-electron chi connectivity index (χ1n) is 12.0. The number of amides is 1. The summed E-state index contributed by atoms with van der Waals surface area (Å²) in [7, 11) is 0. The fourth-order valence-electron chi connectivity index (χ4n) is 4.26. The van der Waals surface area contributed by atoms with E-state index in [-0.39, 0.29) is 28.6 Å². The van der Waals surface area contributed by atoms with Crippen LogP contribution < -0.4 is 4.90 Å². The summed E-state index contributed by atoms with van der Waals surface area (Å²) in [5, 5.41) is 0. The van der Waals surface area contributed by atoms with Crippen LogP contribution in [0.3, 0.4) is 0 Å². The predicted molar refractivity (Wildman–Crippen MR) is 153 cm³/mol. The molecule has 2 aliphatic heterocycles. The molecule has 38 heavy (non-hydrogen) atoms. The molecule has 0 spiro atoms. The van der Waals surface area contributed by atoms with Crippen molar-refractivity contribution in [1.29, 1.82) is 0 Å². The molecular weight excluding hydrogens is 546 g/mol. The topological polar surface area (TPSA) is 72.9 Å². The number of hydrogen-bond donors (Lipinski definition) is 0. The molecule has 2 aromatic rings. The van der Waals surface area contributed by atoms with E-state index in [2.05, 4.69) is 0 Å². The van der Waals surface area contributed by atoms with Gasteiger partial charge in [0.05, 0.1) is 33.5 Å². The normalized spacial score (nSPS) is 16.5. The van der Waals surface area contributed by atoms with Crippen molar-refractivity contribution in [2.45, 2.75) is 40.2 Å². The molecule has 0 aliphatic carbocycles. The van der Waals surface area contributed by atoms with Crippen molar-refractivity contribution in [3.05, 3.63) is 79.0 Å². The van der Waals surface area contributed by atoms with Crippen molar-refractivity contribution >= 4 is 69.7 Å². The third-order valence-corrected chi connectivity index (χ3v) is 9.26. The van der Waals surface area contributed by atoms with Gasteiger partial charge < -0.3 is 9.47 Å². The van der Waals surface area contributed by atoms with Crippen molar-refractivity contribution in [3.63, 3.8) is 0 Å². The van der Waals surface area contributed by atoms with E-state index in [1.807, 2.05) is 39.0 Å². The Morgan fingerprint density at radius 2 is 1.58 bits per heavy atom. The number of carbonyl (C=O) groups excluding carboxylic acids is 3. The minimum Gasteiger partial charge on any atom is -0.462 e. The summed E-state index contributed by atoms with van der Waals surface area (Å²) in [4.78, 5) is 41.6.